The monoisotopic (exact) mass is 401 g/mol. The minimum atomic E-state index is -0.552. The molecule has 0 radical (unpaired) electrons. The lowest BCUT2D eigenvalue weighted by Gasteiger charge is -2.59. The Hall–Kier alpha value is -2.24. The molecule has 0 heterocycles. The van der Waals surface area contributed by atoms with Gasteiger partial charge in [-0.3, -0.25) is 4.79 Å². The van der Waals surface area contributed by atoms with Crippen LogP contribution >= 0.6 is 0 Å². The lowest BCUT2D eigenvalue weighted by Crippen LogP contribution is -2.56. The number of hydrogen-bond donors (Lipinski definition) is 1. The third-order valence-corrected chi connectivity index (χ3v) is 7.34. The molecule has 1 unspecified atom stereocenters. The van der Waals surface area contributed by atoms with E-state index >= 15 is 0 Å². The minimum Gasteiger partial charge on any atom is -0.493 e. The Morgan fingerprint density at radius 1 is 1.03 bits per heavy atom. The summed E-state index contributed by atoms with van der Waals surface area (Å²) < 4.78 is 15.6. The van der Waals surface area contributed by atoms with E-state index in [-0.39, 0.29) is 24.0 Å². The van der Waals surface area contributed by atoms with E-state index in [1.807, 2.05) is 0 Å². The van der Waals surface area contributed by atoms with E-state index in [9.17, 15) is 9.59 Å². The Labute approximate surface area is 172 Å². The van der Waals surface area contributed by atoms with Gasteiger partial charge in [0.05, 0.1) is 19.8 Å². The predicted octanol–water partition coefficient (Wildman–Crippen LogP) is 3.58. The van der Waals surface area contributed by atoms with Crippen LogP contribution in [0.5, 0.6) is 11.5 Å². The van der Waals surface area contributed by atoms with Gasteiger partial charge in [0, 0.05) is 6.04 Å². The molecule has 1 aromatic rings. The number of hydrogen-bond acceptors (Lipinski definition) is 5. The molecule has 0 spiro atoms. The van der Waals surface area contributed by atoms with Gasteiger partial charge in [-0.25, -0.2) is 4.79 Å². The first kappa shape index (κ1) is 20.0. The van der Waals surface area contributed by atoms with Crippen molar-refractivity contribution in [3.8, 4) is 11.5 Å². The molecule has 4 aliphatic carbocycles. The largest absolute Gasteiger partial charge is 0.493 e. The predicted molar refractivity (Wildman–Crippen MR) is 108 cm³/mol. The van der Waals surface area contributed by atoms with Crippen LogP contribution in [0.25, 0.3) is 0 Å². The third-order valence-electron chi connectivity index (χ3n) is 7.34. The molecule has 6 nitrogen and oxygen atoms in total. The van der Waals surface area contributed by atoms with Crippen molar-refractivity contribution in [2.24, 2.45) is 23.2 Å². The number of nitrogens with one attached hydrogen (secondary N) is 1. The van der Waals surface area contributed by atoms with Crippen LogP contribution in [0.4, 0.5) is 0 Å². The number of ether oxygens (including phenoxy) is 3. The van der Waals surface area contributed by atoms with Crippen molar-refractivity contribution in [3.05, 3.63) is 23.8 Å². The fraction of sp³-hybridized carbons (Fsp3) is 0.652. The first-order valence-corrected chi connectivity index (χ1v) is 10.6. The Balaban J connectivity index is 1.31. The zero-order valence-corrected chi connectivity index (χ0v) is 17.5. The van der Waals surface area contributed by atoms with Crippen molar-refractivity contribution < 1.29 is 23.8 Å². The second kappa shape index (κ2) is 7.88. The lowest BCUT2D eigenvalue weighted by molar-refractivity contribution is -0.128. The van der Waals surface area contributed by atoms with E-state index in [4.69, 9.17) is 14.2 Å². The fourth-order valence-electron chi connectivity index (χ4n) is 6.32. The zero-order chi connectivity index (χ0) is 20.6. The standard InChI is InChI=1S/C23H31NO5/c1-14(23-10-15-6-16(11-23)8-17(7-15)12-23)24-21(25)13-29-22(26)18-4-5-19(27-2)20(9-18)28-3/h4-5,9,14-17H,6-8,10-13H2,1-3H3,(H,24,25). The van der Waals surface area contributed by atoms with Crippen LogP contribution < -0.4 is 14.8 Å². The summed E-state index contributed by atoms with van der Waals surface area (Å²) in [7, 11) is 3.04. The van der Waals surface area contributed by atoms with Gasteiger partial charge in [0.1, 0.15) is 0 Å². The van der Waals surface area contributed by atoms with Gasteiger partial charge in [-0.1, -0.05) is 0 Å². The summed E-state index contributed by atoms with van der Waals surface area (Å²) in [6.45, 7) is 1.85. The van der Waals surface area contributed by atoms with Crippen LogP contribution in [0.2, 0.25) is 0 Å². The van der Waals surface area contributed by atoms with E-state index in [2.05, 4.69) is 12.2 Å². The highest BCUT2D eigenvalue weighted by atomic mass is 16.5. The highest BCUT2D eigenvalue weighted by molar-refractivity contribution is 5.92. The number of carbonyl (C=O) groups is 2. The number of rotatable bonds is 7. The molecule has 4 fully saturated rings. The second-order valence-electron chi connectivity index (χ2n) is 9.22. The summed E-state index contributed by atoms with van der Waals surface area (Å²) in [6, 6.07) is 4.91. The van der Waals surface area contributed by atoms with E-state index in [0.29, 0.717) is 17.1 Å². The Morgan fingerprint density at radius 2 is 1.62 bits per heavy atom. The van der Waals surface area contributed by atoms with E-state index in [1.165, 1.54) is 52.7 Å². The fourth-order valence-corrected chi connectivity index (χ4v) is 6.32. The summed E-state index contributed by atoms with van der Waals surface area (Å²) in [6.07, 6.45) is 7.82. The molecule has 1 amide bonds. The van der Waals surface area contributed by atoms with E-state index < -0.39 is 5.97 Å². The van der Waals surface area contributed by atoms with Crippen LogP contribution in [0.1, 0.15) is 55.8 Å². The quantitative estimate of drug-likeness (QED) is 0.707. The molecule has 29 heavy (non-hydrogen) atoms. The van der Waals surface area contributed by atoms with Gasteiger partial charge < -0.3 is 19.5 Å². The normalized spacial score (nSPS) is 30.5. The molecule has 1 atom stereocenters. The van der Waals surface area contributed by atoms with Crippen molar-refractivity contribution in [1.82, 2.24) is 5.32 Å². The van der Waals surface area contributed by atoms with Crippen molar-refractivity contribution >= 4 is 11.9 Å². The van der Waals surface area contributed by atoms with Crippen molar-refractivity contribution in [3.63, 3.8) is 0 Å². The van der Waals surface area contributed by atoms with Crippen LogP contribution in [0.3, 0.4) is 0 Å². The average Bonchev–Trinajstić information content (AvgIpc) is 2.70. The van der Waals surface area contributed by atoms with Gasteiger partial charge in [0.2, 0.25) is 0 Å². The molecular weight excluding hydrogens is 370 g/mol. The SMILES string of the molecule is COc1ccc(C(=O)OCC(=O)NC(C)C23CC4CC(CC(C4)C2)C3)cc1OC. The van der Waals surface area contributed by atoms with Crippen molar-refractivity contribution in [2.45, 2.75) is 51.5 Å². The first-order valence-electron chi connectivity index (χ1n) is 10.6. The molecule has 0 saturated heterocycles. The molecule has 4 saturated carbocycles. The topological polar surface area (TPSA) is 73.9 Å². The zero-order valence-electron chi connectivity index (χ0n) is 17.5. The van der Waals surface area contributed by atoms with Gasteiger partial charge in [-0.15, -0.1) is 0 Å². The molecule has 4 bridgehead atoms. The summed E-state index contributed by atoms with van der Waals surface area (Å²) in [5.74, 6) is 2.70. The van der Waals surface area contributed by atoms with Crippen LogP contribution in [0, 0.1) is 23.2 Å². The average molecular weight is 402 g/mol. The second-order valence-corrected chi connectivity index (χ2v) is 9.22. The van der Waals surface area contributed by atoms with Crippen LogP contribution in [-0.4, -0.2) is 38.7 Å². The summed E-state index contributed by atoms with van der Waals surface area (Å²) in [5, 5.41) is 3.12. The molecule has 6 heteroatoms. The van der Waals surface area contributed by atoms with E-state index in [0.717, 1.165) is 17.8 Å². The first-order chi connectivity index (χ1) is 13.9. The number of benzene rings is 1. The molecule has 1 N–H and O–H groups in total. The van der Waals surface area contributed by atoms with Crippen LogP contribution in [-0.2, 0) is 9.53 Å². The number of amides is 1. The minimum absolute atomic E-state index is 0.114. The summed E-state index contributed by atoms with van der Waals surface area (Å²) in [5.41, 5.74) is 0.558. The van der Waals surface area contributed by atoms with Crippen LogP contribution in [0.15, 0.2) is 18.2 Å². The van der Waals surface area contributed by atoms with Gasteiger partial charge in [0.25, 0.3) is 5.91 Å². The molecule has 0 aliphatic heterocycles. The Morgan fingerprint density at radius 3 is 2.17 bits per heavy atom. The Kier molecular flexibility index (Phi) is 5.45. The highest BCUT2D eigenvalue weighted by Gasteiger charge is 2.53. The molecular formula is C23H31NO5. The lowest BCUT2D eigenvalue weighted by atomic mass is 9.48. The molecule has 4 aliphatic rings. The van der Waals surface area contributed by atoms with E-state index in [1.54, 1.807) is 18.2 Å². The summed E-state index contributed by atoms with van der Waals surface area (Å²) >= 11 is 0. The summed E-state index contributed by atoms with van der Waals surface area (Å²) in [4.78, 5) is 24.8. The maximum absolute atomic E-state index is 12.5. The number of methoxy groups -OCH3 is 2. The maximum atomic E-state index is 12.5. The number of carbonyl (C=O) groups excluding carboxylic acids is 2. The molecule has 158 valence electrons. The number of esters is 1. The van der Waals surface area contributed by atoms with Crippen molar-refractivity contribution in [1.29, 1.82) is 0 Å². The van der Waals surface area contributed by atoms with Crippen molar-refractivity contribution in [2.75, 3.05) is 20.8 Å². The molecule has 1 aromatic carbocycles. The highest BCUT2D eigenvalue weighted by Crippen LogP contribution is 2.61. The van der Waals surface area contributed by atoms with Gasteiger partial charge in [-0.05, 0) is 86.8 Å². The maximum Gasteiger partial charge on any atom is 0.338 e. The van der Waals surface area contributed by atoms with Gasteiger partial charge >= 0.3 is 5.97 Å². The smallest absolute Gasteiger partial charge is 0.338 e. The third kappa shape index (κ3) is 3.94. The van der Waals surface area contributed by atoms with Gasteiger partial charge in [-0.2, -0.15) is 0 Å². The molecule has 5 rings (SSSR count). The molecule has 0 aromatic heterocycles. The Bertz CT molecular complexity index is 754. The van der Waals surface area contributed by atoms with Gasteiger partial charge in [0.15, 0.2) is 18.1 Å².